The number of rotatable bonds is 4. The largest absolute Gasteiger partial charge is 0.348 e. The van der Waals surface area contributed by atoms with Crippen molar-refractivity contribution in [2.75, 3.05) is 5.32 Å². The minimum absolute atomic E-state index is 0.383. The van der Waals surface area contributed by atoms with Gasteiger partial charge in [-0.3, -0.25) is 9.59 Å². The maximum atomic E-state index is 12.1. The summed E-state index contributed by atoms with van der Waals surface area (Å²) in [4.78, 5) is 24.2. The molecule has 0 aliphatic rings. The summed E-state index contributed by atoms with van der Waals surface area (Å²) in [6, 6.07) is 9.20. The van der Waals surface area contributed by atoms with Gasteiger partial charge in [0.1, 0.15) is 0 Å². The van der Waals surface area contributed by atoms with Crippen LogP contribution in [-0.4, -0.2) is 16.3 Å². The Morgan fingerprint density at radius 1 is 1.20 bits per heavy atom. The van der Waals surface area contributed by atoms with Crippen molar-refractivity contribution in [3.63, 3.8) is 0 Å². The molecule has 0 aliphatic carbocycles. The molecule has 1 heterocycles. The lowest BCUT2D eigenvalue weighted by Crippen LogP contribution is -2.25. The van der Waals surface area contributed by atoms with E-state index < -0.39 is 11.7 Å². The van der Waals surface area contributed by atoms with Gasteiger partial charge in [0.15, 0.2) is 0 Å². The first-order valence-electron chi connectivity index (χ1n) is 6.60. The summed E-state index contributed by atoms with van der Waals surface area (Å²) in [7, 11) is 1.74. The number of hydrogen-bond acceptors (Lipinski definition) is 2. The third kappa shape index (κ3) is 2.64. The molecule has 4 heteroatoms. The normalized spacial score (nSPS) is 10.3. The zero-order valence-corrected chi connectivity index (χ0v) is 11.9. The topological polar surface area (TPSA) is 51.1 Å². The molecule has 1 aromatic carbocycles. The first-order valence-corrected chi connectivity index (χ1v) is 6.60. The zero-order chi connectivity index (χ0) is 14.7. The summed E-state index contributed by atoms with van der Waals surface area (Å²) >= 11 is 0. The van der Waals surface area contributed by atoms with Crippen LogP contribution in [0.3, 0.4) is 0 Å². The van der Waals surface area contributed by atoms with E-state index in [9.17, 15) is 9.59 Å². The molecule has 0 saturated carbocycles. The van der Waals surface area contributed by atoms with Crippen LogP contribution < -0.4 is 5.32 Å². The van der Waals surface area contributed by atoms with E-state index in [0.29, 0.717) is 5.69 Å². The molecule has 0 radical (unpaired) electrons. The van der Waals surface area contributed by atoms with Gasteiger partial charge in [-0.15, -0.1) is 0 Å². The number of anilines is 1. The second-order valence-electron chi connectivity index (χ2n) is 4.75. The molecule has 104 valence electrons. The molecule has 0 unspecified atom stereocenters. The lowest BCUT2D eigenvalue weighted by atomic mass is 10.1. The van der Waals surface area contributed by atoms with E-state index in [1.807, 2.05) is 32.0 Å². The molecule has 20 heavy (non-hydrogen) atoms. The molecule has 0 bridgehead atoms. The first kappa shape index (κ1) is 14.1. The van der Waals surface area contributed by atoms with E-state index in [0.717, 1.165) is 23.2 Å². The summed E-state index contributed by atoms with van der Waals surface area (Å²) < 4.78 is 1.64. The van der Waals surface area contributed by atoms with Crippen molar-refractivity contribution >= 4 is 17.4 Å². The predicted octanol–water partition coefficient (Wildman–Crippen LogP) is 2.72. The van der Waals surface area contributed by atoms with Crippen molar-refractivity contribution in [2.24, 2.45) is 7.05 Å². The molecule has 4 nitrogen and oxygen atoms in total. The van der Waals surface area contributed by atoms with Gasteiger partial charge in [-0.05, 0) is 36.6 Å². The fourth-order valence-corrected chi connectivity index (χ4v) is 2.19. The minimum Gasteiger partial charge on any atom is -0.348 e. The Labute approximate surface area is 118 Å². The Hall–Kier alpha value is -2.36. The van der Waals surface area contributed by atoms with E-state index >= 15 is 0 Å². The van der Waals surface area contributed by atoms with Crippen LogP contribution in [-0.2, 0) is 18.3 Å². The second kappa shape index (κ2) is 5.74. The number of carbonyl (C=O) groups is 2. The van der Waals surface area contributed by atoms with Gasteiger partial charge in [0.2, 0.25) is 0 Å². The number of para-hydroxylation sites is 1. The molecule has 0 aliphatic heterocycles. The van der Waals surface area contributed by atoms with E-state index in [1.54, 1.807) is 29.9 Å². The fraction of sp³-hybridized carbons (Fsp3) is 0.250. The van der Waals surface area contributed by atoms with Gasteiger partial charge in [-0.25, -0.2) is 0 Å². The van der Waals surface area contributed by atoms with Crippen molar-refractivity contribution in [1.82, 2.24) is 4.57 Å². The number of nitrogens with one attached hydrogen (secondary N) is 1. The smallest absolute Gasteiger partial charge is 0.298 e. The van der Waals surface area contributed by atoms with E-state index in [-0.39, 0.29) is 0 Å². The molecule has 1 amide bonds. The lowest BCUT2D eigenvalue weighted by Gasteiger charge is -2.12. The SMILES string of the molecule is CCc1cccc(C)c1NC(=O)C(=O)c1cccn1C. The highest BCUT2D eigenvalue weighted by Crippen LogP contribution is 2.21. The molecule has 2 aromatic rings. The van der Waals surface area contributed by atoms with Gasteiger partial charge >= 0.3 is 0 Å². The number of Topliss-reactive ketones (excluding diaryl/α,β-unsaturated/α-hetero) is 1. The Morgan fingerprint density at radius 3 is 2.55 bits per heavy atom. The number of aromatic nitrogens is 1. The Kier molecular flexibility index (Phi) is 4.03. The van der Waals surface area contributed by atoms with Crippen LogP contribution in [0.5, 0.6) is 0 Å². The summed E-state index contributed by atoms with van der Waals surface area (Å²) in [5.74, 6) is -1.13. The monoisotopic (exact) mass is 270 g/mol. The van der Waals surface area contributed by atoms with Gasteiger partial charge in [0.25, 0.3) is 11.7 Å². The van der Waals surface area contributed by atoms with Crippen LogP contribution in [0.4, 0.5) is 5.69 Å². The van der Waals surface area contributed by atoms with E-state index in [4.69, 9.17) is 0 Å². The van der Waals surface area contributed by atoms with Crippen LogP contribution >= 0.6 is 0 Å². The number of carbonyl (C=O) groups excluding carboxylic acids is 2. The van der Waals surface area contributed by atoms with Crippen molar-refractivity contribution in [3.05, 3.63) is 53.3 Å². The molecule has 1 N–H and O–H groups in total. The Morgan fingerprint density at radius 2 is 1.95 bits per heavy atom. The number of aryl methyl sites for hydroxylation is 3. The zero-order valence-electron chi connectivity index (χ0n) is 11.9. The third-order valence-electron chi connectivity index (χ3n) is 3.36. The van der Waals surface area contributed by atoms with Gasteiger partial charge < -0.3 is 9.88 Å². The molecule has 0 fully saturated rings. The number of nitrogens with zero attached hydrogens (tertiary/aromatic N) is 1. The number of amides is 1. The van der Waals surface area contributed by atoms with Gasteiger partial charge in [0, 0.05) is 18.9 Å². The number of benzene rings is 1. The molecular formula is C16H18N2O2. The Bertz CT molecular complexity index is 656. The van der Waals surface area contributed by atoms with Crippen LogP contribution in [0, 0.1) is 6.92 Å². The summed E-state index contributed by atoms with van der Waals surface area (Å²) in [6.07, 6.45) is 2.54. The van der Waals surface area contributed by atoms with Crippen molar-refractivity contribution < 1.29 is 9.59 Å². The van der Waals surface area contributed by atoms with Crippen LogP contribution in [0.2, 0.25) is 0 Å². The van der Waals surface area contributed by atoms with Crippen molar-refractivity contribution in [2.45, 2.75) is 20.3 Å². The molecule has 1 aromatic heterocycles. The first-order chi connectivity index (χ1) is 9.54. The average molecular weight is 270 g/mol. The van der Waals surface area contributed by atoms with Crippen molar-refractivity contribution in [1.29, 1.82) is 0 Å². The van der Waals surface area contributed by atoms with Crippen molar-refractivity contribution in [3.8, 4) is 0 Å². The Balaban J connectivity index is 2.25. The molecular weight excluding hydrogens is 252 g/mol. The number of ketones is 1. The highest BCUT2D eigenvalue weighted by molar-refractivity contribution is 6.46. The maximum absolute atomic E-state index is 12.1. The van der Waals surface area contributed by atoms with Gasteiger partial charge in [0.05, 0.1) is 5.69 Å². The van der Waals surface area contributed by atoms with Crippen LogP contribution in [0.1, 0.15) is 28.5 Å². The second-order valence-corrected chi connectivity index (χ2v) is 4.75. The van der Waals surface area contributed by atoms with Gasteiger partial charge in [-0.1, -0.05) is 25.1 Å². The fourth-order valence-electron chi connectivity index (χ4n) is 2.19. The summed E-state index contributed by atoms with van der Waals surface area (Å²) in [6.45, 7) is 3.94. The van der Waals surface area contributed by atoms with Crippen LogP contribution in [0.25, 0.3) is 0 Å². The van der Waals surface area contributed by atoms with E-state index in [1.165, 1.54) is 0 Å². The van der Waals surface area contributed by atoms with E-state index in [2.05, 4.69) is 5.32 Å². The number of hydrogen-bond donors (Lipinski definition) is 1. The summed E-state index contributed by atoms with van der Waals surface area (Å²) in [5, 5.41) is 2.74. The molecule has 0 spiro atoms. The predicted molar refractivity (Wildman–Crippen MR) is 78.9 cm³/mol. The lowest BCUT2D eigenvalue weighted by molar-refractivity contribution is -0.112. The minimum atomic E-state index is -0.601. The molecule has 2 rings (SSSR count). The third-order valence-corrected chi connectivity index (χ3v) is 3.36. The van der Waals surface area contributed by atoms with Gasteiger partial charge in [-0.2, -0.15) is 0 Å². The van der Waals surface area contributed by atoms with Crippen LogP contribution in [0.15, 0.2) is 36.5 Å². The maximum Gasteiger partial charge on any atom is 0.298 e. The standard InChI is InChI=1S/C16H18N2O2/c1-4-12-8-5-7-11(2)14(12)17-16(20)15(19)13-9-6-10-18(13)3/h5-10H,4H2,1-3H3,(H,17,20). The highest BCUT2D eigenvalue weighted by Gasteiger charge is 2.20. The average Bonchev–Trinajstić information content (AvgIpc) is 2.86. The summed E-state index contributed by atoms with van der Waals surface area (Å²) in [5.41, 5.74) is 3.10. The quantitative estimate of drug-likeness (QED) is 0.686. The molecule has 0 atom stereocenters. The highest BCUT2D eigenvalue weighted by atomic mass is 16.2. The molecule has 0 saturated heterocycles.